The van der Waals surface area contributed by atoms with Gasteiger partial charge in [0.15, 0.2) is 0 Å². The van der Waals surface area contributed by atoms with Gasteiger partial charge in [-0.25, -0.2) is 5.01 Å². The van der Waals surface area contributed by atoms with E-state index in [1.807, 2.05) is 52.9 Å². The zero-order valence-corrected chi connectivity index (χ0v) is 18.9. The molecule has 0 radical (unpaired) electrons. The van der Waals surface area contributed by atoms with Crippen LogP contribution in [0.4, 0.5) is 0 Å². The molecule has 0 spiro atoms. The standard InChI is InChI=1S/C23H22Cl3N3O/c1-15-19(23(30)27-28-11-3-2-4-12-28)14-22(16-5-7-17(24)8-6-16)29(15)21-10-9-18(25)13-20(21)26/h5-10,13-14H,2-4,11-12H2,1H3,(H,27,30). The van der Waals surface area contributed by atoms with E-state index in [9.17, 15) is 4.79 Å². The second-order valence-electron chi connectivity index (χ2n) is 7.46. The molecule has 1 amide bonds. The largest absolute Gasteiger partial charge is 0.312 e. The Hall–Kier alpha value is -1.98. The van der Waals surface area contributed by atoms with Crippen molar-refractivity contribution in [1.82, 2.24) is 15.0 Å². The predicted molar refractivity (Wildman–Crippen MR) is 124 cm³/mol. The Balaban J connectivity index is 1.80. The minimum atomic E-state index is -0.117. The van der Waals surface area contributed by atoms with Gasteiger partial charge in [0.05, 0.1) is 22.0 Å². The molecule has 1 saturated heterocycles. The maximum absolute atomic E-state index is 13.1. The number of piperidine rings is 1. The number of nitrogens with zero attached hydrogens (tertiary/aromatic N) is 2. The fourth-order valence-electron chi connectivity index (χ4n) is 3.85. The van der Waals surface area contributed by atoms with E-state index >= 15 is 0 Å². The van der Waals surface area contributed by atoms with Crippen molar-refractivity contribution in [2.45, 2.75) is 26.2 Å². The quantitative estimate of drug-likeness (QED) is 0.478. The minimum absolute atomic E-state index is 0.117. The summed E-state index contributed by atoms with van der Waals surface area (Å²) in [6.07, 6.45) is 3.39. The zero-order chi connectivity index (χ0) is 21.3. The van der Waals surface area contributed by atoms with Crippen LogP contribution in [-0.4, -0.2) is 28.6 Å². The molecule has 0 aliphatic carbocycles. The van der Waals surface area contributed by atoms with Gasteiger partial charge in [0.1, 0.15) is 0 Å². The number of rotatable bonds is 4. The third-order valence-corrected chi connectivity index (χ3v) is 6.19. The van der Waals surface area contributed by atoms with Crippen LogP contribution < -0.4 is 5.43 Å². The molecule has 0 atom stereocenters. The summed E-state index contributed by atoms with van der Waals surface area (Å²) in [6, 6.07) is 14.8. The molecule has 3 aromatic rings. The van der Waals surface area contributed by atoms with Crippen LogP contribution in [0, 0.1) is 6.92 Å². The molecule has 4 rings (SSSR count). The molecule has 2 heterocycles. The number of amides is 1. The van der Waals surface area contributed by atoms with Crippen LogP contribution in [0.3, 0.4) is 0 Å². The smallest absolute Gasteiger partial charge is 0.267 e. The van der Waals surface area contributed by atoms with Gasteiger partial charge in [0, 0.05) is 28.8 Å². The highest BCUT2D eigenvalue weighted by Crippen LogP contribution is 2.34. The Morgan fingerprint density at radius 2 is 1.57 bits per heavy atom. The normalized spacial score (nSPS) is 14.7. The Kier molecular flexibility index (Phi) is 6.40. The van der Waals surface area contributed by atoms with Crippen molar-refractivity contribution >= 4 is 40.7 Å². The molecule has 1 fully saturated rings. The van der Waals surface area contributed by atoms with Gasteiger partial charge < -0.3 is 4.57 Å². The summed E-state index contributed by atoms with van der Waals surface area (Å²) >= 11 is 18.7. The number of hydrogen-bond donors (Lipinski definition) is 1. The molecule has 0 bridgehead atoms. The van der Waals surface area contributed by atoms with Gasteiger partial charge in [-0.15, -0.1) is 0 Å². The lowest BCUT2D eigenvalue weighted by Gasteiger charge is -2.26. The first-order valence-electron chi connectivity index (χ1n) is 9.93. The van der Waals surface area contributed by atoms with Crippen LogP contribution >= 0.6 is 34.8 Å². The molecule has 1 N–H and O–H groups in total. The van der Waals surface area contributed by atoms with Crippen LogP contribution in [-0.2, 0) is 0 Å². The van der Waals surface area contributed by atoms with Crippen LogP contribution in [0.25, 0.3) is 16.9 Å². The van der Waals surface area contributed by atoms with E-state index in [-0.39, 0.29) is 5.91 Å². The number of carbonyl (C=O) groups excluding carboxylic acids is 1. The maximum atomic E-state index is 13.1. The van der Waals surface area contributed by atoms with E-state index < -0.39 is 0 Å². The molecule has 0 unspecified atom stereocenters. The first-order chi connectivity index (χ1) is 14.4. The van der Waals surface area contributed by atoms with Gasteiger partial charge in [0.25, 0.3) is 5.91 Å². The lowest BCUT2D eigenvalue weighted by Crippen LogP contribution is -2.45. The summed E-state index contributed by atoms with van der Waals surface area (Å²) in [5, 5.41) is 3.73. The lowest BCUT2D eigenvalue weighted by atomic mass is 10.1. The Morgan fingerprint density at radius 1 is 0.900 bits per heavy atom. The van der Waals surface area contributed by atoms with E-state index in [4.69, 9.17) is 34.8 Å². The Bertz CT molecular complexity index is 1070. The van der Waals surface area contributed by atoms with Crippen LogP contribution in [0.1, 0.15) is 35.3 Å². The molecule has 4 nitrogen and oxygen atoms in total. The number of benzene rings is 2. The van der Waals surface area contributed by atoms with E-state index in [0.717, 1.165) is 48.6 Å². The number of halogens is 3. The summed E-state index contributed by atoms with van der Waals surface area (Å²) in [5.74, 6) is -0.117. The molecule has 1 aliphatic heterocycles. The summed E-state index contributed by atoms with van der Waals surface area (Å²) < 4.78 is 1.99. The Labute approximate surface area is 191 Å². The number of hydrazine groups is 1. The van der Waals surface area contributed by atoms with Gasteiger partial charge in [0.2, 0.25) is 0 Å². The monoisotopic (exact) mass is 461 g/mol. The maximum Gasteiger partial charge on any atom is 0.267 e. The highest BCUT2D eigenvalue weighted by atomic mass is 35.5. The first kappa shape index (κ1) is 21.3. The molecule has 0 saturated carbocycles. The molecule has 2 aromatic carbocycles. The van der Waals surface area contributed by atoms with Gasteiger partial charge in [-0.2, -0.15) is 0 Å². The average molecular weight is 463 g/mol. The molecule has 7 heteroatoms. The van der Waals surface area contributed by atoms with E-state index in [1.165, 1.54) is 6.42 Å². The predicted octanol–water partition coefficient (Wildman–Crippen LogP) is 6.54. The zero-order valence-electron chi connectivity index (χ0n) is 16.6. The highest BCUT2D eigenvalue weighted by Gasteiger charge is 2.23. The average Bonchev–Trinajstić information content (AvgIpc) is 3.06. The van der Waals surface area contributed by atoms with Crippen molar-refractivity contribution in [2.24, 2.45) is 0 Å². The number of aromatic nitrogens is 1. The van der Waals surface area contributed by atoms with E-state index in [2.05, 4.69) is 5.43 Å². The number of nitrogens with one attached hydrogen (secondary N) is 1. The van der Waals surface area contributed by atoms with Crippen molar-refractivity contribution in [1.29, 1.82) is 0 Å². The number of hydrogen-bond acceptors (Lipinski definition) is 2. The molecular formula is C23H22Cl3N3O. The molecular weight excluding hydrogens is 441 g/mol. The van der Waals surface area contributed by atoms with E-state index in [0.29, 0.717) is 20.6 Å². The van der Waals surface area contributed by atoms with Crippen LogP contribution in [0.5, 0.6) is 0 Å². The summed E-state index contributed by atoms with van der Waals surface area (Å²) in [4.78, 5) is 13.1. The first-order valence-corrected chi connectivity index (χ1v) is 11.1. The second-order valence-corrected chi connectivity index (χ2v) is 8.74. The van der Waals surface area contributed by atoms with Crippen molar-refractivity contribution in [3.05, 3.63) is 74.9 Å². The van der Waals surface area contributed by atoms with Crippen LogP contribution in [0.2, 0.25) is 15.1 Å². The molecule has 30 heavy (non-hydrogen) atoms. The second kappa shape index (κ2) is 9.03. The fraction of sp³-hybridized carbons (Fsp3) is 0.261. The number of carbonyl (C=O) groups is 1. The van der Waals surface area contributed by atoms with Gasteiger partial charge in [-0.1, -0.05) is 53.4 Å². The topological polar surface area (TPSA) is 37.3 Å². The minimum Gasteiger partial charge on any atom is -0.312 e. The van der Waals surface area contributed by atoms with Crippen LogP contribution in [0.15, 0.2) is 48.5 Å². The SMILES string of the molecule is Cc1c(C(=O)NN2CCCCC2)cc(-c2ccc(Cl)cc2)n1-c1ccc(Cl)cc1Cl. The van der Waals surface area contributed by atoms with E-state index in [1.54, 1.807) is 12.1 Å². The van der Waals surface area contributed by atoms with Crippen molar-refractivity contribution < 1.29 is 4.79 Å². The molecule has 1 aromatic heterocycles. The van der Waals surface area contributed by atoms with Gasteiger partial charge in [-0.3, -0.25) is 10.2 Å². The third kappa shape index (κ3) is 4.37. The van der Waals surface area contributed by atoms with Crippen molar-refractivity contribution in [3.8, 4) is 16.9 Å². The molecule has 1 aliphatic rings. The van der Waals surface area contributed by atoms with Gasteiger partial charge >= 0.3 is 0 Å². The van der Waals surface area contributed by atoms with Gasteiger partial charge in [-0.05, 0) is 61.7 Å². The van der Waals surface area contributed by atoms with Crippen molar-refractivity contribution in [2.75, 3.05) is 13.1 Å². The molecule has 156 valence electrons. The summed E-state index contributed by atoms with van der Waals surface area (Å²) in [7, 11) is 0. The highest BCUT2D eigenvalue weighted by molar-refractivity contribution is 6.35. The van der Waals surface area contributed by atoms with Crippen molar-refractivity contribution in [3.63, 3.8) is 0 Å². The fourth-order valence-corrected chi connectivity index (χ4v) is 4.47. The Morgan fingerprint density at radius 3 is 2.23 bits per heavy atom. The lowest BCUT2D eigenvalue weighted by molar-refractivity contribution is 0.0749. The third-order valence-electron chi connectivity index (χ3n) is 5.40. The summed E-state index contributed by atoms with van der Waals surface area (Å²) in [5.41, 5.74) is 7.03. The summed E-state index contributed by atoms with van der Waals surface area (Å²) in [6.45, 7) is 3.67.